The van der Waals surface area contributed by atoms with Gasteiger partial charge in [0, 0.05) is 12.3 Å². The maximum absolute atomic E-state index is 4.59. The number of rotatable bonds is 5. The van der Waals surface area contributed by atoms with Crippen molar-refractivity contribution in [2.24, 2.45) is 0 Å². The third kappa shape index (κ3) is 3.31. The number of likely N-dealkylation sites (tertiary alicyclic amines) is 1. The lowest BCUT2D eigenvalue weighted by atomic mass is 10.2. The van der Waals surface area contributed by atoms with Crippen LogP contribution in [0.2, 0.25) is 0 Å². The molecule has 1 aromatic heterocycles. The molecule has 0 radical (unpaired) electrons. The highest BCUT2D eigenvalue weighted by molar-refractivity contribution is 5.04. The van der Waals surface area contributed by atoms with Crippen LogP contribution in [0.1, 0.15) is 62.5 Å². The predicted octanol–water partition coefficient (Wildman–Crippen LogP) is 2.49. The minimum absolute atomic E-state index is 0.667. The highest BCUT2D eigenvalue weighted by Crippen LogP contribution is 2.37. The Morgan fingerprint density at radius 3 is 2.61 bits per heavy atom. The van der Waals surface area contributed by atoms with Gasteiger partial charge in [-0.2, -0.15) is 5.10 Å². The topological polar surface area (TPSA) is 44.8 Å². The Balaban J connectivity index is 1.40. The van der Waals surface area contributed by atoms with Crippen LogP contribution >= 0.6 is 0 Å². The number of aryl methyl sites for hydroxylation is 1. The van der Waals surface area contributed by atoms with E-state index < -0.39 is 0 Å². The van der Waals surface area contributed by atoms with Crippen molar-refractivity contribution in [3.63, 3.8) is 0 Å². The van der Waals surface area contributed by atoms with Crippen molar-refractivity contribution in [2.75, 3.05) is 19.6 Å². The maximum Gasteiger partial charge on any atom is 0.153 e. The lowest BCUT2D eigenvalue weighted by molar-refractivity contribution is 0.281. The SMILES string of the molecule is C1CCCN(CCCc2nc(C3CC3)n[nH]2)CC1. The quantitative estimate of drug-likeness (QED) is 0.870. The molecule has 1 aromatic rings. The number of aromatic amines is 1. The number of aromatic nitrogens is 3. The summed E-state index contributed by atoms with van der Waals surface area (Å²) in [5.41, 5.74) is 0. The summed E-state index contributed by atoms with van der Waals surface area (Å²) in [6.07, 6.45) is 10.4. The largest absolute Gasteiger partial charge is 0.303 e. The Hall–Kier alpha value is -0.900. The first-order valence-electron chi connectivity index (χ1n) is 7.55. The molecule has 0 atom stereocenters. The molecule has 0 unspecified atom stereocenters. The van der Waals surface area contributed by atoms with Crippen LogP contribution in [-0.4, -0.2) is 39.7 Å². The smallest absolute Gasteiger partial charge is 0.153 e. The number of hydrogen-bond acceptors (Lipinski definition) is 3. The summed E-state index contributed by atoms with van der Waals surface area (Å²) in [6, 6.07) is 0. The van der Waals surface area contributed by atoms with Gasteiger partial charge < -0.3 is 4.90 Å². The van der Waals surface area contributed by atoms with E-state index >= 15 is 0 Å². The minimum Gasteiger partial charge on any atom is -0.303 e. The molecule has 1 aliphatic carbocycles. The molecule has 0 spiro atoms. The predicted molar refractivity (Wildman–Crippen MR) is 71.6 cm³/mol. The van der Waals surface area contributed by atoms with Gasteiger partial charge in [-0.25, -0.2) is 4.98 Å². The molecule has 1 N–H and O–H groups in total. The summed E-state index contributed by atoms with van der Waals surface area (Å²) in [5.74, 6) is 2.81. The van der Waals surface area contributed by atoms with E-state index in [4.69, 9.17) is 0 Å². The molecule has 3 rings (SSSR count). The fraction of sp³-hybridized carbons (Fsp3) is 0.857. The van der Waals surface area contributed by atoms with E-state index in [1.807, 2.05) is 0 Å². The Bertz CT molecular complexity index is 362. The van der Waals surface area contributed by atoms with Crippen molar-refractivity contribution >= 4 is 0 Å². The standard InChI is InChI=1S/C14H24N4/c1-2-4-10-18(9-3-1)11-5-6-13-15-14(17-16-13)12-7-8-12/h12H,1-11H2,(H,15,16,17). The van der Waals surface area contributed by atoms with Gasteiger partial charge in [0.05, 0.1) is 0 Å². The van der Waals surface area contributed by atoms with Gasteiger partial charge in [0.15, 0.2) is 5.82 Å². The van der Waals surface area contributed by atoms with Gasteiger partial charge >= 0.3 is 0 Å². The first kappa shape index (κ1) is 12.2. The van der Waals surface area contributed by atoms with E-state index in [2.05, 4.69) is 20.1 Å². The highest BCUT2D eigenvalue weighted by atomic mass is 15.2. The first-order valence-corrected chi connectivity index (χ1v) is 7.55. The molecular formula is C14H24N4. The molecule has 1 saturated heterocycles. The zero-order valence-electron chi connectivity index (χ0n) is 11.2. The molecule has 18 heavy (non-hydrogen) atoms. The number of nitrogens with one attached hydrogen (secondary N) is 1. The summed E-state index contributed by atoms with van der Waals surface area (Å²) in [7, 11) is 0. The third-order valence-electron chi connectivity index (χ3n) is 4.08. The molecule has 2 fully saturated rings. The molecule has 4 heteroatoms. The summed E-state index contributed by atoms with van der Waals surface area (Å²) in [6.45, 7) is 3.81. The second-order valence-electron chi connectivity index (χ2n) is 5.77. The third-order valence-corrected chi connectivity index (χ3v) is 4.08. The van der Waals surface area contributed by atoms with Crippen LogP contribution in [0.15, 0.2) is 0 Å². The lowest BCUT2D eigenvalue weighted by Gasteiger charge is -2.18. The summed E-state index contributed by atoms with van der Waals surface area (Å²) < 4.78 is 0. The van der Waals surface area contributed by atoms with Crippen molar-refractivity contribution in [3.05, 3.63) is 11.6 Å². The van der Waals surface area contributed by atoms with E-state index in [-0.39, 0.29) is 0 Å². The Labute approximate surface area is 109 Å². The Kier molecular flexibility index (Phi) is 3.93. The monoisotopic (exact) mass is 248 g/mol. The Morgan fingerprint density at radius 1 is 1.11 bits per heavy atom. The van der Waals surface area contributed by atoms with Crippen LogP contribution in [0.5, 0.6) is 0 Å². The van der Waals surface area contributed by atoms with E-state index in [0.717, 1.165) is 18.1 Å². The molecule has 100 valence electrons. The van der Waals surface area contributed by atoms with Crippen molar-refractivity contribution in [2.45, 2.75) is 57.3 Å². The summed E-state index contributed by atoms with van der Waals surface area (Å²) >= 11 is 0. The first-order chi connectivity index (χ1) is 8.92. The van der Waals surface area contributed by atoms with Gasteiger partial charge in [-0.15, -0.1) is 0 Å². The van der Waals surface area contributed by atoms with E-state index in [1.165, 1.54) is 64.6 Å². The number of nitrogens with zero attached hydrogens (tertiary/aromatic N) is 3. The van der Waals surface area contributed by atoms with E-state index in [0.29, 0.717) is 5.92 Å². The molecule has 4 nitrogen and oxygen atoms in total. The van der Waals surface area contributed by atoms with Gasteiger partial charge in [-0.3, -0.25) is 5.10 Å². The highest BCUT2D eigenvalue weighted by Gasteiger charge is 2.27. The normalized spacial score (nSPS) is 22.0. The second-order valence-corrected chi connectivity index (χ2v) is 5.77. The zero-order valence-corrected chi connectivity index (χ0v) is 11.2. The molecule has 2 heterocycles. The lowest BCUT2D eigenvalue weighted by Crippen LogP contribution is -2.26. The van der Waals surface area contributed by atoms with Gasteiger partial charge in [0.25, 0.3) is 0 Å². The van der Waals surface area contributed by atoms with Crippen molar-refractivity contribution in [1.82, 2.24) is 20.1 Å². The molecular weight excluding hydrogens is 224 g/mol. The van der Waals surface area contributed by atoms with Crippen molar-refractivity contribution in [3.8, 4) is 0 Å². The van der Waals surface area contributed by atoms with Crippen molar-refractivity contribution in [1.29, 1.82) is 0 Å². The van der Waals surface area contributed by atoms with E-state index in [1.54, 1.807) is 0 Å². The van der Waals surface area contributed by atoms with Crippen molar-refractivity contribution < 1.29 is 0 Å². The fourth-order valence-corrected chi connectivity index (χ4v) is 2.78. The van der Waals surface area contributed by atoms with Gasteiger partial charge in [-0.1, -0.05) is 12.8 Å². The average molecular weight is 248 g/mol. The Morgan fingerprint density at radius 2 is 1.89 bits per heavy atom. The minimum atomic E-state index is 0.667. The van der Waals surface area contributed by atoms with Crippen LogP contribution in [0, 0.1) is 0 Å². The number of H-pyrrole nitrogens is 1. The zero-order chi connectivity index (χ0) is 12.2. The van der Waals surface area contributed by atoms with Gasteiger partial charge in [-0.05, 0) is 51.7 Å². The fourth-order valence-electron chi connectivity index (χ4n) is 2.78. The van der Waals surface area contributed by atoms with Crippen LogP contribution in [-0.2, 0) is 6.42 Å². The van der Waals surface area contributed by atoms with Crippen LogP contribution in [0.25, 0.3) is 0 Å². The summed E-state index contributed by atoms with van der Waals surface area (Å²) in [5, 5.41) is 7.41. The number of hydrogen-bond donors (Lipinski definition) is 1. The molecule has 0 bridgehead atoms. The van der Waals surface area contributed by atoms with Crippen LogP contribution in [0.4, 0.5) is 0 Å². The molecule has 1 aliphatic heterocycles. The average Bonchev–Trinajstić information content (AvgIpc) is 3.16. The summed E-state index contributed by atoms with van der Waals surface area (Å²) in [4.78, 5) is 7.20. The second kappa shape index (κ2) is 5.83. The maximum atomic E-state index is 4.59. The molecule has 2 aliphatic rings. The van der Waals surface area contributed by atoms with Crippen LogP contribution in [0.3, 0.4) is 0 Å². The van der Waals surface area contributed by atoms with Crippen LogP contribution < -0.4 is 0 Å². The van der Waals surface area contributed by atoms with E-state index in [9.17, 15) is 0 Å². The molecule has 0 aromatic carbocycles. The van der Waals surface area contributed by atoms with Gasteiger partial charge in [0.2, 0.25) is 0 Å². The molecule has 1 saturated carbocycles. The molecule has 0 amide bonds. The van der Waals surface area contributed by atoms with Gasteiger partial charge in [0.1, 0.15) is 5.82 Å².